The molecule has 12 nitrogen and oxygen atoms in total. The number of nitrogens with one attached hydrogen (secondary N) is 1. The molecule has 4 rings (SSSR count). The predicted molar refractivity (Wildman–Crippen MR) is 126 cm³/mol. The van der Waals surface area contributed by atoms with Gasteiger partial charge < -0.3 is 15.3 Å². The fourth-order valence-corrected chi connectivity index (χ4v) is 3.58. The molecule has 3 heterocycles. The van der Waals surface area contributed by atoms with Crippen LogP contribution in [0, 0.1) is 22.0 Å². The molecule has 1 aromatic carbocycles. The van der Waals surface area contributed by atoms with Crippen molar-refractivity contribution in [3.05, 3.63) is 56.5 Å². The van der Waals surface area contributed by atoms with Crippen molar-refractivity contribution in [3.8, 4) is 11.8 Å². The van der Waals surface area contributed by atoms with Gasteiger partial charge in [0.15, 0.2) is 0 Å². The largest absolute Gasteiger partial charge is 0.490 e. The van der Waals surface area contributed by atoms with Crippen molar-refractivity contribution in [1.29, 1.82) is 0 Å². The van der Waals surface area contributed by atoms with Gasteiger partial charge in [0, 0.05) is 32.2 Å². The molecule has 0 atom stereocenters. The van der Waals surface area contributed by atoms with Crippen LogP contribution in [-0.2, 0) is 17.9 Å². The Bertz CT molecular complexity index is 1420. The number of hydrogen-bond donors (Lipinski definition) is 2. The van der Waals surface area contributed by atoms with Gasteiger partial charge in [0.25, 0.3) is 11.2 Å². The maximum Gasteiger partial charge on any atom is 0.490 e. The summed E-state index contributed by atoms with van der Waals surface area (Å²) in [5, 5.41) is 26.0. The van der Waals surface area contributed by atoms with Gasteiger partial charge in [0.05, 0.1) is 29.8 Å². The molecule has 0 bridgehead atoms. The number of anilines is 1. The van der Waals surface area contributed by atoms with Crippen LogP contribution in [0.15, 0.2) is 35.3 Å². The number of nitro benzene ring substituents is 1. The Morgan fingerprint density at radius 1 is 1.27 bits per heavy atom. The lowest BCUT2D eigenvalue weighted by Gasteiger charge is -2.28. The van der Waals surface area contributed by atoms with Crippen molar-refractivity contribution in [2.45, 2.75) is 26.2 Å². The summed E-state index contributed by atoms with van der Waals surface area (Å²) >= 11 is 0. The molecule has 1 saturated heterocycles. The maximum atomic E-state index is 13.3. The molecule has 0 saturated carbocycles. The lowest BCUT2D eigenvalue weighted by Crippen LogP contribution is -2.44. The summed E-state index contributed by atoms with van der Waals surface area (Å²) in [6, 6.07) is 6.35. The molecule has 1 aliphatic heterocycles. The number of rotatable bonds is 5. The van der Waals surface area contributed by atoms with E-state index in [0.29, 0.717) is 29.1 Å². The second-order valence-corrected chi connectivity index (χ2v) is 7.69. The number of para-hydroxylation sites is 1. The van der Waals surface area contributed by atoms with E-state index in [-0.39, 0.29) is 17.8 Å². The molecule has 0 spiro atoms. The van der Waals surface area contributed by atoms with Crippen molar-refractivity contribution >= 4 is 28.6 Å². The van der Waals surface area contributed by atoms with Gasteiger partial charge >= 0.3 is 12.1 Å². The quantitative estimate of drug-likeness (QED) is 0.290. The van der Waals surface area contributed by atoms with Crippen molar-refractivity contribution in [3.63, 3.8) is 0 Å². The normalized spacial score (nSPS) is 13.4. The number of piperazine rings is 1. The van der Waals surface area contributed by atoms with E-state index >= 15 is 0 Å². The number of aliphatic carboxylic acids is 1. The zero-order chi connectivity index (χ0) is 27.2. The highest BCUT2D eigenvalue weighted by Gasteiger charge is 2.38. The summed E-state index contributed by atoms with van der Waals surface area (Å²) in [4.78, 5) is 39.8. The Morgan fingerprint density at radius 2 is 1.92 bits per heavy atom. The number of aromatic nitrogens is 4. The van der Waals surface area contributed by atoms with Crippen molar-refractivity contribution in [2.75, 3.05) is 31.1 Å². The molecule has 0 radical (unpaired) electrons. The number of alkyl halides is 3. The number of carboxylic acid groups (broad SMARTS) is 1. The van der Waals surface area contributed by atoms with E-state index in [9.17, 15) is 28.1 Å². The van der Waals surface area contributed by atoms with Crippen LogP contribution in [0.5, 0.6) is 0 Å². The van der Waals surface area contributed by atoms with Crippen LogP contribution >= 0.6 is 0 Å². The number of benzene rings is 1. The summed E-state index contributed by atoms with van der Waals surface area (Å²) in [6.07, 6.45) is -3.55. The summed E-state index contributed by atoms with van der Waals surface area (Å²) in [5.74, 6) is 3.82. The monoisotopic (exact) mass is 521 g/mol. The van der Waals surface area contributed by atoms with Gasteiger partial charge in [-0.2, -0.15) is 18.3 Å². The molecule has 1 aliphatic rings. The molecule has 15 heteroatoms. The van der Waals surface area contributed by atoms with Gasteiger partial charge in [0.2, 0.25) is 5.95 Å². The first-order chi connectivity index (χ1) is 17.5. The van der Waals surface area contributed by atoms with Crippen LogP contribution in [0.25, 0.3) is 11.0 Å². The fraction of sp³-hybridized carbons (Fsp3) is 0.364. The zero-order valence-corrected chi connectivity index (χ0v) is 19.5. The Kier molecular flexibility index (Phi) is 8.45. The molecule has 2 N–H and O–H groups in total. The summed E-state index contributed by atoms with van der Waals surface area (Å²) in [5.41, 5.74) is 0.916. The Labute approximate surface area is 207 Å². The van der Waals surface area contributed by atoms with Gasteiger partial charge in [-0.15, -0.1) is 5.92 Å². The zero-order valence-electron chi connectivity index (χ0n) is 19.5. The van der Waals surface area contributed by atoms with E-state index in [4.69, 9.17) is 9.90 Å². The number of nitrogens with zero attached hydrogens (tertiary/aromatic N) is 6. The number of carbonyl (C=O) groups is 1. The molecule has 0 aliphatic carbocycles. The van der Waals surface area contributed by atoms with Gasteiger partial charge in [0.1, 0.15) is 11.0 Å². The van der Waals surface area contributed by atoms with E-state index in [2.05, 4.69) is 32.1 Å². The standard InChI is InChI=1S/C20H21N7O3.C2HF3O2/c1-2-3-10-25-18-16(23-20(25)24-11-8-21-9-12-24)13-22-26(19(18)28)14-15-6-4-5-7-17(15)27(29)30;3-2(4,5)1(6)7/h4-7,13,21H,8-12,14H2,1H3;(H,6,7). The van der Waals surface area contributed by atoms with E-state index in [1.165, 1.54) is 16.9 Å². The fourth-order valence-electron chi connectivity index (χ4n) is 3.58. The Balaban J connectivity index is 0.000000479. The molecular formula is C22H22F3N7O5. The van der Waals surface area contributed by atoms with Crippen LogP contribution in [0.4, 0.5) is 24.8 Å². The third-order valence-electron chi connectivity index (χ3n) is 5.30. The number of carboxylic acids is 1. The minimum Gasteiger partial charge on any atom is -0.475 e. The number of nitro groups is 1. The molecule has 196 valence electrons. The first kappa shape index (κ1) is 27.1. The summed E-state index contributed by atoms with van der Waals surface area (Å²) < 4.78 is 34.8. The first-order valence-corrected chi connectivity index (χ1v) is 10.9. The van der Waals surface area contributed by atoms with Crippen LogP contribution in [0.1, 0.15) is 12.5 Å². The number of imidazole rings is 1. The number of fused-ring (bicyclic) bond motifs is 1. The average molecular weight is 521 g/mol. The third kappa shape index (κ3) is 6.41. The van der Waals surface area contributed by atoms with Crippen molar-refractivity contribution < 1.29 is 28.0 Å². The predicted octanol–water partition coefficient (Wildman–Crippen LogP) is 1.62. The first-order valence-electron chi connectivity index (χ1n) is 10.9. The molecular weight excluding hydrogens is 499 g/mol. The van der Waals surface area contributed by atoms with Crippen molar-refractivity contribution in [1.82, 2.24) is 24.6 Å². The lowest BCUT2D eigenvalue weighted by molar-refractivity contribution is -0.385. The molecule has 3 aromatic rings. The summed E-state index contributed by atoms with van der Waals surface area (Å²) in [6.45, 7) is 5.31. The van der Waals surface area contributed by atoms with Gasteiger partial charge in [-0.05, 0) is 6.92 Å². The molecule has 2 aromatic heterocycles. The van der Waals surface area contributed by atoms with E-state index in [0.717, 1.165) is 26.2 Å². The smallest absolute Gasteiger partial charge is 0.475 e. The van der Waals surface area contributed by atoms with Gasteiger partial charge in [-0.1, -0.05) is 24.1 Å². The second-order valence-electron chi connectivity index (χ2n) is 7.69. The van der Waals surface area contributed by atoms with Gasteiger partial charge in [-0.3, -0.25) is 19.5 Å². The SMILES string of the molecule is CC#CCn1c(N2CCNCC2)nc2cnn(Cc3ccccc3[N+](=O)[O-])c(=O)c21.O=C(O)C(F)(F)F. The van der Waals surface area contributed by atoms with E-state index in [1.807, 2.05) is 4.57 Å². The maximum absolute atomic E-state index is 13.3. The molecule has 37 heavy (non-hydrogen) atoms. The highest BCUT2D eigenvalue weighted by molar-refractivity contribution is 5.77. The van der Waals surface area contributed by atoms with Crippen LogP contribution in [-0.4, -0.2) is 67.7 Å². The van der Waals surface area contributed by atoms with E-state index in [1.54, 1.807) is 25.1 Å². The highest BCUT2D eigenvalue weighted by Crippen LogP contribution is 2.22. The number of halogens is 3. The van der Waals surface area contributed by atoms with Crippen LogP contribution in [0.3, 0.4) is 0 Å². The molecule has 0 unspecified atom stereocenters. The Hall–Kier alpha value is -4.45. The summed E-state index contributed by atoms with van der Waals surface area (Å²) in [7, 11) is 0. The molecule has 1 fully saturated rings. The topological polar surface area (TPSA) is 148 Å². The van der Waals surface area contributed by atoms with Crippen LogP contribution in [0.2, 0.25) is 0 Å². The second kappa shape index (κ2) is 11.5. The van der Waals surface area contributed by atoms with E-state index < -0.39 is 17.1 Å². The van der Waals surface area contributed by atoms with Gasteiger partial charge in [-0.25, -0.2) is 14.5 Å². The number of hydrogen-bond acceptors (Lipinski definition) is 8. The van der Waals surface area contributed by atoms with Crippen LogP contribution < -0.4 is 15.8 Å². The minimum absolute atomic E-state index is 0.000466. The average Bonchev–Trinajstić information content (AvgIpc) is 3.24. The van der Waals surface area contributed by atoms with Crippen molar-refractivity contribution in [2.24, 2.45) is 0 Å². The lowest BCUT2D eigenvalue weighted by atomic mass is 10.2. The minimum atomic E-state index is -5.08. The molecule has 0 amide bonds. The Morgan fingerprint density at radius 3 is 2.51 bits per heavy atom. The third-order valence-corrected chi connectivity index (χ3v) is 5.30. The highest BCUT2D eigenvalue weighted by atomic mass is 19.4.